The van der Waals surface area contributed by atoms with E-state index in [0.717, 1.165) is 41.7 Å². The summed E-state index contributed by atoms with van der Waals surface area (Å²) in [7, 11) is 0. The third kappa shape index (κ3) is 3.18. The molecule has 1 aliphatic carbocycles. The fourth-order valence-electron chi connectivity index (χ4n) is 4.11. The maximum Gasteiger partial charge on any atom is 0.270 e. The Hall–Kier alpha value is -2.44. The first-order valence-corrected chi connectivity index (χ1v) is 8.95. The smallest absolute Gasteiger partial charge is 0.270 e. The number of hydrogen-bond donors (Lipinski definition) is 1. The quantitative estimate of drug-likeness (QED) is 0.903. The third-order valence-electron chi connectivity index (χ3n) is 5.28. The molecular formula is C19H21F2N3O2. The van der Waals surface area contributed by atoms with Gasteiger partial charge in [-0.1, -0.05) is 18.2 Å². The Kier molecular flexibility index (Phi) is 4.38. The standard InChI is InChI=1S/C19H21F2N3O2/c20-17(21)12-24-15(7-10-22-24)18(25)23-14-11-19(8-3-4-9-19)26-16-6-2-1-5-13(14)16/h1-2,5-7,10,14,17H,3-4,8-9,11-12H2,(H,23,25). The summed E-state index contributed by atoms with van der Waals surface area (Å²) >= 11 is 0. The van der Waals surface area contributed by atoms with E-state index in [1.807, 2.05) is 24.3 Å². The van der Waals surface area contributed by atoms with Crippen molar-refractivity contribution in [1.29, 1.82) is 0 Å². The van der Waals surface area contributed by atoms with Crippen molar-refractivity contribution < 1.29 is 18.3 Å². The molecule has 2 aliphatic rings. The van der Waals surface area contributed by atoms with E-state index in [-0.39, 0.29) is 17.3 Å². The number of para-hydroxylation sites is 1. The summed E-state index contributed by atoms with van der Waals surface area (Å²) in [6.45, 7) is -0.593. The predicted molar refractivity (Wildman–Crippen MR) is 91.3 cm³/mol. The molecule has 1 unspecified atom stereocenters. The summed E-state index contributed by atoms with van der Waals surface area (Å²) in [5, 5.41) is 6.85. The number of aromatic nitrogens is 2. The van der Waals surface area contributed by atoms with Gasteiger partial charge in [-0.3, -0.25) is 9.48 Å². The lowest BCUT2D eigenvalue weighted by molar-refractivity contribution is 0.0359. The lowest BCUT2D eigenvalue weighted by Crippen LogP contribution is -2.43. The van der Waals surface area contributed by atoms with Crippen molar-refractivity contribution in [1.82, 2.24) is 15.1 Å². The summed E-state index contributed by atoms with van der Waals surface area (Å²) in [4.78, 5) is 12.7. The van der Waals surface area contributed by atoms with Gasteiger partial charge in [0.25, 0.3) is 12.3 Å². The highest BCUT2D eigenvalue weighted by Crippen LogP contribution is 2.47. The number of carbonyl (C=O) groups is 1. The molecule has 1 N–H and O–H groups in total. The zero-order valence-electron chi connectivity index (χ0n) is 14.3. The van der Waals surface area contributed by atoms with Crippen LogP contribution in [0.2, 0.25) is 0 Å². The van der Waals surface area contributed by atoms with Crippen LogP contribution < -0.4 is 10.1 Å². The third-order valence-corrected chi connectivity index (χ3v) is 5.28. The van der Waals surface area contributed by atoms with Crippen LogP contribution >= 0.6 is 0 Å². The van der Waals surface area contributed by atoms with E-state index in [0.29, 0.717) is 6.42 Å². The topological polar surface area (TPSA) is 56.1 Å². The molecule has 1 saturated carbocycles. The minimum absolute atomic E-state index is 0.148. The van der Waals surface area contributed by atoms with Gasteiger partial charge in [-0.05, 0) is 37.8 Å². The van der Waals surface area contributed by atoms with E-state index in [9.17, 15) is 13.6 Å². The van der Waals surface area contributed by atoms with Crippen LogP contribution in [0.15, 0.2) is 36.5 Å². The van der Waals surface area contributed by atoms with Gasteiger partial charge in [-0.2, -0.15) is 5.10 Å². The van der Waals surface area contributed by atoms with E-state index in [2.05, 4.69) is 10.4 Å². The number of hydrogen-bond acceptors (Lipinski definition) is 3. The van der Waals surface area contributed by atoms with Crippen LogP contribution in [0.3, 0.4) is 0 Å². The second-order valence-electron chi connectivity index (χ2n) is 7.05. The number of amides is 1. The predicted octanol–water partition coefficient (Wildman–Crippen LogP) is 3.71. The monoisotopic (exact) mass is 361 g/mol. The Morgan fingerprint density at radius 2 is 2.08 bits per heavy atom. The second kappa shape index (κ2) is 6.70. The first-order chi connectivity index (χ1) is 12.6. The van der Waals surface area contributed by atoms with Gasteiger partial charge < -0.3 is 10.1 Å². The number of nitrogens with zero attached hydrogens (tertiary/aromatic N) is 2. The summed E-state index contributed by atoms with van der Waals surface area (Å²) in [6, 6.07) is 8.96. The van der Waals surface area contributed by atoms with E-state index in [1.54, 1.807) is 0 Å². The van der Waals surface area contributed by atoms with Gasteiger partial charge >= 0.3 is 0 Å². The lowest BCUT2D eigenvalue weighted by atomic mass is 9.86. The number of ether oxygens (including phenoxy) is 1. The Labute approximate surface area is 150 Å². The van der Waals surface area contributed by atoms with Crippen LogP contribution in [0, 0.1) is 0 Å². The summed E-state index contributed by atoms with van der Waals surface area (Å²) < 4.78 is 32.7. The molecule has 5 nitrogen and oxygen atoms in total. The maximum absolute atomic E-state index is 12.7. The first kappa shape index (κ1) is 17.0. The van der Waals surface area contributed by atoms with Crippen molar-refractivity contribution in [2.75, 3.05) is 0 Å². The van der Waals surface area contributed by atoms with Crippen molar-refractivity contribution in [2.45, 2.75) is 56.7 Å². The zero-order chi connectivity index (χ0) is 18.1. The first-order valence-electron chi connectivity index (χ1n) is 8.95. The van der Waals surface area contributed by atoms with E-state index in [1.165, 1.54) is 12.3 Å². The Morgan fingerprint density at radius 1 is 1.31 bits per heavy atom. The molecule has 1 aliphatic heterocycles. The largest absolute Gasteiger partial charge is 0.487 e. The van der Waals surface area contributed by atoms with Crippen molar-refractivity contribution in [2.24, 2.45) is 0 Å². The van der Waals surface area contributed by atoms with Crippen LogP contribution in [0.1, 0.15) is 54.2 Å². The highest BCUT2D eigenvalue weighted by molar-refractivity contribution is 5.92. The van der Waals surface area contributed by atoms with Gasteiger partial charge in [0.2, 0.25) is 0 Å². The van der Waals surface area contributed by atoms with Gasteiger partial charge in [0.05, 0.1) is 6.04 Å². The molecular weight excluding hydrogens is 340 g/mol. The molecule has 138 valence electrons. The molecule has 0 radical (unpaired) electrons. The van der Waals surface area contributed by atoms with Crippen molar-refractivity contribution >= 4 is 5.91 Å². The van der Waals surface area contributed by atoms with E-state index >= 15 is 0 Å². The second-order valence-corrected chi connectivity index (χ2v) is 7.05. The molecule has 1 aromatic carbocycles. The van der Waals surface area contributed by atoms with Gasteiger partial charge in [-0.15, -0.1) is 0 Å². The zero-order valence-corrected chi connectivity index (χ0v) is 14.3. The van der Waals surface area contributed by atoms with E-state index < -0.39 is 18.9 Å². The molecule has 1 spiro atoms. The minimum Gasteiger partial charge on any atom is -0.487 e. The van der Waals surface area contributed by atoms with Crippen molar-refractivity contribution in [3.8, 4) is 5.75 Å². The number of fused-ring (bicyclic) bond motifs is 1. The summed E-state index contributed by atoms with van der Waals surface area (Å²) in [6.07, 6.45) is 3.67. The number of nitrogens with one attached hydrogen (secondary N) is 1. The number of alkyl halides is 2. The number of benzene rings is 1. The highest BCUT2D eigenvalue weighted by atomic mass is 19.3. The number of halogens is 2. The average Bonchev–Trinajstić information content (AvgIpc) is 3.24. The molecule has 1 amide bonds. The van der Waals surface area contributed by atoms with Crippen molar-refractivity contribution in [3.63, 3.8) is 0 Å². The molecule has 26 heavy (non-hydrogen) atoms. The van der Waals surface area contributed by atoms with Crippen LogP contribution in [-0.4, -0.2) is 27.7 Å². The van der Waals surface area contributed by atoms with Gasteiger partial charge in [0.1, 0.15) is 23.6 Å². The molecule has 2 aromatic rings. The molecule has 7 heteroatoms. The molecule has 4 rings (SSSR count). The number of carbonyl (C=O) groups excluding carboxylic acids is 1. The van der Waals surface area contributed by atoms with Crippen LogP contribution in [0.25, 0.3) is 0 Å². The van der Waals surface area contributed by atoms with Gasteiger partial charge in [-0.25, -0.2) is 8.78 Å². The maximum atomic E-state index is 12.7. The van der Waals surface area contributed by atoms with Crippen LogP contribution in [-0.2, 0) is 6.54 Å². The SMILES string of the molecule is O=C(NC1CC2(CCCC2)Oc2ccccc21)c1ccnn1CC(F)F. The summed E-state index contributed by atoms with van der Waals surface area (Å²) in [5.41, 5.74) is 0.836. The molecule has 1 atom stereocenters. The van der Waals surface area contributed by atoms with Crippen LogP contribution in [0.4, 0.5) is 8.78 Å². The highest BCUT2D eigenvalue weighted by Gasteiger charge is 2.43. The average molecular weight is 361 g/mol. The van der Waals surface area contributed by atoms with E-state index in [4.69, 9.17) is 4.74 Å². The fraction of sp³-hybridized carbons (Fsp3) is 0.474. The minimum atomic E-state index is -2.56. The Morgan fingerprint density at radius 3 is 2.85 bits per heavy atom. The number of rotatable bonds is 4. The molecule has 2 heterocycles. The Bertz CT molecular complexity index is 800. The molecule has 1 aromatic heterocycles. The molecule has 0 bridgehead atoms. The van der Waals surface area contributed by atoms with Gasteiger partial charge in [0, 0.05) is 18.2 Å². The molecule has 0 saturated heterocycles. The van der Waals surface area contributed by atoms with Crippen LogP contribution in [0.5, 0.6) is 5.75 Å². The summed E-state index contributed by atoms with van der Waals surface area (Å²) in [5.74, 6) is 0.407. The fourth-order valence-corrected chi connectivity index (χ4v) is 4.11. The van der Waals surface area contributed by atoms with Gasteiger partial charge in [0.15, 0.2) is 0 Å². The normalized spacial score (nSPS) is 20.8. The van der Waals surface area contributed by atoms with Crippen molar-refractivity contribution in [3.05, 3.63) is 47.8 Å². The molecule has 1 fully saturated rings. The lowest BCUT2D eigenvalue weighted by Gasteiger charge is -2.40. The Balaban J connectivity index is 1.59.